The lowest BCUT2D eigenvalue weighted by Crippen LogP contribution is -2.02. The van der Waals surface area contributed by atoms with Crippen molar-refractivity contribution in [2.45, 2.75) is 31.6 Å². The van der Waals surface area contributed by atoms with Crippen molar-refractivity contribution in [3.05, 3.63) is 70.5 Å². The highest BCUT2D eigenvalue weighted by Gasteiger charge is 2.25. The molecular formula is C19H16ClFN2O. The Morgan fingerprint density at radius 3 is 2.92 bits per heavy atom. The number of aromatic nitrogens is 2. The van der Waals surface area contributed by atoms with Gasteiger partial charge in [0.1, 0.15) is 17.3 Å². The highest BCUT2D eigenvalue weighted by molar-refractivity contribution is 6.31. The summed E-state index contributed by atoms with van der Waals surface area (Å²) in [6.45, 7) is 0. The van der Waals surface area contributed by atoms with E-state index in [1.807, 2.05) is 18.2 Å². The van der Waals surface area contributed by atoms with E-state index in [1.165, 1.54) is 12.1 Å². The van der Waals surface area contributed by atoms with Crippen molar-refractivity contribution >= 4 is 11.6 Å². The maximum absolute atomic E-state index is 13.3. The minimum absolute atomic E-state index is 0.212. The minimum Gasteiger partial charge on any atom is -0.440 e. The second kappa shape index (κ2) is 6.36. The van der Waals surface area contributed by atoms with E-state index in [4.69, 9.17) is 16.0 Å². The molecule has 0 amide bonds. The molecule has 0 fully saturated rings. The van der Waals surface area contributed by atoms with Gasteiger partial charge in [-0.25, -0.2) is 9.37 Å². The summed E-state index contributed by atoms with van der Waals surface area (Å²) >= 11 is 6.25. The van der Waals surface area contributed by atoms with E-state index in [0.29, 0.717) is 10.9 Å². The van der Waals surface area contributed by atoms with Gasteiger partial charge in [0.25, 0.3) is 0 Å². The summed E-state index contributed by atoms with van der Waals surface area (Å²) in [5, 5.41) is 0.480. The van der Waals surface area contributed by atoms with Crippen LogP contribution in [0, 0.1) is 5.82 Å². The first-order chi connectivity index (χ1) is 11.7. The highest BCUT2D eigenvalue weighted by atomic mass is 35.5. The van der Waals surface area contributed by atoms with Gasteiger partial charge in [0.2, 0.25) is 5.89 Å². The van der Waals surface area contributed by atoms with Crippen molar-refractivity contribution in [3.63, 3.8) is 0 Å². The fourth-order valence-electron chi connectivity index (χ4n) is 3.28. The molecule has 0 radical (unpaired) electrons. The summed E-state index contributed by atoms with van der Waals surface area (Å²) in [7, 11) is 0. The maximum atomic E-state index is 13.3. The Morgan fingerprint density at radius 2 is 2.12 bits per heavy atom. The molecule has 0 N–H and O–H groups in total. The molecule has 0 spiro atoms. The number of aryl methyl sites for hydroxylation is 1. The van der Waals surface area contributed by atoms with Crippen LogP contribution in [-0.4, -0.2) is 9.97 Å². The molecule has 0 bridgehead atoms. The van der Waals surface area contributed by atoms with Crippen LogP contribution in [0.15, 0.2) is 47.0 Å². The molecule has 3 aromatic rings. The zero-order valence-electron chi connectivity index (χ0n) is 13.0. The summed E-state index contributed by atoms with van der Waals surface area (Å²) in [5.74, 6) is 1.35. The summed E-state index contributed by atoms with van der Waals surface area (Å²) in [6, 6.07) is 10.3. The van der Waals surface area contributed by atoms with Crippen LogP contribution in [0.2, 0.25) is 5.02 Å². The number of oxazole rings is 1. The molecule has 1 aromatic carbocycles. The van der Waals surface area contributed by atoms with E-state index in [1.54, 1.807) is 12.3 Å². The molecular weight excluding hydrogens is 327 g/mol. The molecule has 1 atom stereocenters. The first-order valence-corrected chi connectivity index (χ1v) is 8.43. The first-order valence-electron chi connectivity index (χ1n) is 8.05. The van der Waals surface area contributed by atoms with Crippen LogP contribution in [0.3, 0.4) is 0 Å². The molecule has 5 heteroatoms. The third-order valence-corrected chi connectivity index (χ3v) is 4.79. The van der Waals surface area contributed by atoms with Gasteiger partial charge in [0.05, 0.1) is 5.69 Å². The Labute approximate surface area is 144 Å². The SMILES string of the molecule is Fc1ccc(C2CCCc3nc(-c4ccccn4)oc3C2)c(Cl)c1. The van der Waals surface area contributed by atoms with Crippen molar-refractivity contribution in [2.24, 2.45) is 0 Å². The van der Waals surface area contributed by atoms with Gasteiger partial charge >= 0.3 is 0 Å². The number of hydrogen-bond donors (Lipinski definition) is 0. The average Bonchev–Trinajstić information content (AvgIpc) is 2.88. The third kappa shape index (κ3) is 2.94. The van der Waals surface area contributed by atoms with Crippen LogP contribution in [-0.2, 0) is 12.8 Å². The number of fused-ring (bicyclic) bond motifs is 1. The van der Waals surface area contributed by atoms with E-state index in [-0.39, 0.29) is 11.7 Å². The molecule has 1 unspecified atom stereocenters. The van der Waals surface area contributed by atoms with Crippen LogP contribution < -0.4 is 0 Å². The van der Waals surface area contributed by atoms with Gasteiger partial charge in [-0.05, 0) is 55.0 Å². The molecule has 0 saturated heterocycles. The summed E-state index contributed by atoms with van der Waals surface area (Å²) in [5.41, 5.74) is 2.71. The zero-order valence-corrected chi connectivity index (χ0v) is 13.8. The lowest BCUT2D eigenvalue weighted by Gasteiger charge is -2.15. The normalized spacial score (nSPS) is 17.3. The van der Waals surface area contributed by atoms with Crippen molar-refractivity contribution in [2.75, 3.05) is 0 Å². The van der Waals surface area contributed by atoms with Crippen molar-refractivity contribution in [1.29, 1.82) is 0 Å². The Hall–Kier alpha value is -2.20. The minimum atomic E-state index is -0.310. The summed E-state index contributed by atoms with van der Waals surface area (Å²) in [4.78, 5) is 8.92. The van der Waals surface area contributed by atoms with Crippen LogP contribution in [0.1, 0.15) is 35.8 Å². The van der Waals surface area contributed by atoms with Gasteiger partial charge in [-0.1, -0.05) is 23.7 Å². The Bertz CT molecular complexity index is 863. The monoisotopic (exact) mass is 342 g/mol. The van der Waals surface area contributed by atoms with Crippen LogP contribution in [0.4, 0.5) is 4.39 Å². The quantitative estimate of drug-likeness (QED) is 0.601. The van der Waals surface area contributed by atoms with E-state index < -0.39 is 0 Å². The summed E-state index contributed by atoms with van der Waals surface area (Å²) < 4.78 is 19.3. The molecule has 0 aliphatic heterocycles. The smallest absolute Gasteiger partial charge is 0.245 e. The van der Waals surface area contributed by atoms with Crippen LogP contribution in [0.25, 0.3) is 11.6 Å². The van der Waals surface area contributed by atoms with Gasteiger partial charge < -0.3 is 4.42 Å². The predicted molar refractivity (Wildman–Crippen MR) is 90.5 cm³/mol. The zero-order chi connectivity index (χ0) is 16.5. The van der Waals surface area contributed by atoms with Gasteiger partial charge in [0, 0.05) is 17.6 Å². The van der Waals surface area contributed by atoms with E-state index in [9.17, 15) is 4.39 Å². The standard InChI is InChI=1S/C19H16ClFN2O/c20-15-11-13(21)7-8-14(15)12-4-3-6-16-18(10-12)24-19(23-16)17-5-1-2-9-22-17/h1-2,5,7-9,11-12H,3-4,6,10H2. The van der Waals surface area contributed by atoms with E-state index in [0.717, 1.165) is 48.4 Å². The van der Waals surface area contributed by atoms with Gasteiger partial charge in [0.15, 0.2) is 0 Å². The number of nitrogens with zero attached hydrogens (tertiary/aromatic N) is 2. The fraction of sp³-hybridized carbons (Fsp3) is 0.263. The molecule has 122 valence electrons. The molecule has 2 heterocycles. The fourth-order valence-corrected chi connectivity index (χ4v) is 3.60. The molecule has 4 rings (SSSR count). The van der Waals surface area contributed by atoms with Crippen LogP contribution in [0.5, 0.6) is 0 Å². The van der Waals surface area contributed by atoms with Crippen molar-refractivity contribution < 1.29 is 8.81 Å². The van der Waals surface area contributed by atoms with Crippen molar-refractivity contribution in [3.8, 4) is 11.6 Å². The number of pyridine rings is 1. The van der Waals surface area contributed by atoms with Crippen LogP contribution >= 0.6 is 11.6 Å². The van der Waals surface area contributed by atoms with Gasteiger partial charge in [-0.15, -0.1) is 0 Å². The largest absolute Gasteiger partial charge is 0.440 e. The number of halogens is 2. The highest BCUT2D eigenvalue weighted by Crippen LogP contribution is 2.36. The molecule has 1 aliphatic rings. The first kappa shape index (κ1) is 15.3. The Kier molecular flexibility index (Phi) is 4.07. The maximum Gasteiger partial charge on any atom is 0.245 e. The second-order valence-corrected chi connectivity index (χ2v) is 6.47. The van der Waals surface area contributed by atoms with Gasteiger partial charge in [-0.3, -0.25) is 4.98 Å². The van der Waals surface area contributed by atoms with E-state index in [2.05, 4.69) is 9.97 Å². The molecule has 2 aromatic heterocycles. The third-order valence-electron chi connectivity index (χ3n) is 4.46. The number of rotatable bonds is 2. The Balaban J connectivity index is 1.66. The molecule has 3 nitrogen and oxygen atoms in total. The van der Waals surface area contributed by atoms with Gasteiger partial charge in [-0.2, -0.15) is 0 Å². The predicted octanol–water partition coefficient (Wildman–Crippen LogP) is 5.19. The topological polar surface area (TPSA) is 38.9 Å². The molecule has 1 aliphatic carbocycles. The molecule has 24 heavy (non-hydrogen) atoms. The number of benzene rings is 1. The van der Waals surface area contributed by atoms with E-state index >= 15 is 0 Å². The second-order valence-electron chi connectivity index (χ2n) is 6.06. The lowest BCUT2D eigenvalue weighted by molar-refractivity contribution is 0.486. The summed E-state index contributed by atoms with van der Waals surface area (Å²) in [6.07, 6.45) is 5.31. The average molecular weight is 343 g/mol. The number of hydrogen-bond acceptors (Lipinski definition) is 3. The lowest BCUT2D eigenvalue weighted by atomic mass is 9.92. The van der Waals surface area contributed by atoms with Crippen molar-refractivity contribution in [1.82, 2.24) is 9.97 Å². The molecule has 0 saturated carbocycles. The Morgan fingerprint density at radius 1 is 1.21 bits per heavy atom.